The summed E-state index contributed by atoms with van der Waals surface area (Å²) in [6.45, 7) is 4.53. The summed E-state index contributed by atoms with van der Waals surface area (Å²) in [5, 5.41) is 5.41. The maximum Gasteiger partial charge on any atom is 0.137 e. The number of rotatable bonds is 3. The number of aryl methyl sites for hydroxylation is 1. The normalized spacial score (nSPS) is 16.4. The van der Waals surface area contributed by atoms with Crippen molar-refractivity contribution in [3.8, 4) is 11.1 Å². The largest absolute Gasteiger partial charge is 0.379 e. The van der Waals surface area contributed by atoms with Crippen LogP contribution in [-0.4, -0.2) is 51.0 Å². The quantitative estimate of drug-likeness (QED) is 0.801. The van der Waals surface area contributed by atoms with Crippen molar-refractivity contribution in [3.63, 3.8) is 0 Å². The smallest absolute Gasteiger partial charge is 0.137 e. The second-order valence-electron chi connectivity index (χ2n) is 5.73. The summed E-state index contributed by atoms with van der Waals surface area (Å²) in [5.41, 5.74) is 4.42. The highest BCUT2D eigenvalue weighted by molar-refractivity contribution is 5.93. The van der Waals surface area contributed by atoms with Crippen LogP contribution in [0.5, 0.6) is 0 Å². The fourth-order valence-corrected chi connectivity index (χ4v) is 2.95. The van der Waals surface area contributed by atoms with E-state index >= 15 is 0 Å². The molecule has 0 unspecified atom stereocenters. The van der Waals surface area contributed by atoms with Crippen molar-refractivity contribution < 1.29 is 4.74 Å². The lowest BCUT2D eigenvalue weighted by molar-refractivity contribution is 0.0341. The van der Waals surface area contributed by atoms with Gasteiger partial charge in [-0.15, -0.1) is 0 Å². The second-order valence-corrected chi connectivity index (χ2v) is 5.73. The zero-order valence-corrected chi connectivity index (χ0v) is 12.6. The van der Waals surface area contributed by atoms with E-state index in [1.54, 1.807) is 0 Å². The Morgan fingerprint density at radius 2 is 2.14 bits per heavy atom. The Morgan fingerprint density at radius 1 is 1.27 bits per heavy atom. The molecule has 1 saturated heterocycles. The molecule has 114 valence electrons. The average Bonchev–Trinajstić information content (AvgIpc) is 3.14. The number of H-pyrrole nitrogens is 1. The number of fused-ring (bicyclic) bond motifs is 1. The number of nitrogens with zero attached hydrogens (tertiary/aromatic N) is 4. The van der Waals surface area contributed by atoms with Crippen molar-refractivity contribution in [1.82, 2.24) is 24.6 Å². The van der Waals surface area contributed by atoms with Gasteiger partial charge in [-0.2, -0.15) is 5.10 Å². The van der Waals surface area contributed by atoms with Crippen LogP contribution in [0.25, 0.3) is 22.2 Å². The summed E-state index contributed by atoms with van der Waals surface area (Å²) in [7, 11) is 1.93. The first-order chi connectivity index (χ1) is 10.8. The van der Waals surface area contributed by atoms with Crippen LogP contribution >= 0.6 is 0 Å². The molecule has 4 rings (SSSR count). The average molecular weight is 297 g/mol. The summed E-state index contributed by atoms with van der Waals surface area (Å²) < 4.78 is 7.22. The van der Waals surface area contributed by atoms with E-state index in [9.17, 15) is 0 Å². The zero-order chi connectivity index (χ0) is 14.9. The van der Waals surface area contributed by atoms with E-state index in [-0.39, 0.29) is 0 Å². The van der Waals surface area contributed by atoms with E-state index in [1.807, 2.05) is 36.5 Å². The minimum atomic E-state index is 0.820. The summed E-state index contributed by atoms with van der Waals surface area (Å²) >= 11 is 0. The Morgan fingerprint density at radius 3 is 2.91 bits per heavy atom. The highest BCUT2D eigenvalue weighted by Crippen LogP contribution is 2.28. The molecule has 22 heavy (non-hydrogen) atoms. The predicted octanol–water partition coefficient (Wildman–Crippen LogP) is 1.80. The van der Waals surface area contributed by atoms with Crippen LogP contribution in [0.4, 0.5) is 0 Å². The van der Waals surface area contributed by atoms with E-state index in [0.717, 1.165) is 55.0 Å². The first-order valence-corrected chi connectivity index (χ1v) is 7.55. The lowest BCUT2D eigenvalue weighted by Gasteiger charge is -2.26. The number of aromatic nitrogens is 4. The van der Waals surface area contributed by atoms with Crippen molar-refractivity contribution in [2.24, 2.45) is 7.05 Å². The number of nitrogens with one attached hydrogen (secondary N) is 1. The molecular formula is C16H19N5O. The Kier molecular flexibility index (Phi) is 3.40. The molecule has 0 saturated carbocycles. The van der Waals surface area contributed by atoms with Gasteiger partial charge in [0.2, 0.25) is 0 Å². The SMILES string of the molecule is Cn1cc(-c2c[nH]c3ncc(CN4CCOCC4)cc23)cn1. The Labute approximate surface area is 128 Å². The van der Waals surface area contributed by atoms with Crippen LogP contribution in [0.1, 0.15) is 5.56 Å². The standard InChI is InChI=1S/C16H19N5O/c1-20-11-13(8-19-20)15-9-18-16-14(15)6-12(7-17-16)10-21-2-4-22-5-3-21/h6-9,11H,2-5,10H2,1H3,(H,17,18). The maximum absolute atomic E-state index is 5.40. The molecule has 0 atom stereocenters. The second kappa shape index (κ2) is 5.55. The number of aromatic amines is 1. The lowest BCUT2D eigenvalue weighted by Crippen LogP contribution is -2.35. The number of morpholine rings is 1. The van der Waals surface area contributed by atoms with Crippen molar-refractivity contribution in [3.05, 3.63) is 36.4 Å². The maximum atomic E-state index is 5.40. The summed E-state index contributed by atoms with van der Waals surface area (Å²) in [6, 6.07) is 2.23. The molecule has 1 fully saturated rings. The van der Waals surface area contributed by atoms with Gasteiger partial charge in [-0.1, -0.05) is 0 Å². The summed E-state index contributed by atoms with van der Waals surface area (Å²) in [5.74, 6) is 0. The summed E-state index contributed by atoms with van der Waals surface area (Å²) in [4.78, 5) is 10.2. The number of hydrogen-bond donors (Lipinski definition) is 1. The third-order valence-electron chi connectivity index (χ3n) is 4.11. The van der Waals surface area contributed by atoms with Gasteiger partial charge in [0.25, 0.3) is 0 Å². The predicted molar refractivity (Wildman–Crippen MR) is 84.4 cm³/mol. The molecule has 0 aliphatic carbocycles. The van der Waals surface area contributed by atoms with Crippen molar-refractivity contribution in [2.45, 2.75) is 6.54 Å². The molecule has 0 spiro atoms. The van der Waals surface area contributed by atoms with E-state index in [2.05, 4.69) is 26.0 Å². The molecule has 6 heteroatoms. The van der Waals surface area contributed by atoms with Gasteiger partial charge in [-0.05, 0) is 11.6 Å². The molecule has 3 aromatic rings. The van der Waals surface area contributed by atoms with Gasteiger partial charge in [0.1, 0.15) is 5.65 Å². The first kappa shape index (κ1) is 13.5. The molecule has 0 amide bonds. The molecule has 1 N–H and O–H groups in total. The van der Waals surface area contributed by atoms with Gasteiger partial charge in [-0.3, -0.25) is 9.58 Å². The minimum Gasteiger partial charge on any atom is -0.379 e. The fraction of sp³-hybridized carbons (Fsp3) is 0.375. The molecule has 4 heterocycles. The van der Waals surface area contributed by atoms with Gasteiger partial charge in [-0.25, -0.2) is 4.98 Å². The van der Waals surface area contributed by atoms with Crippen molar-refractivity contribution in [2.75, 3.05) is 26.3 Å². The zero-order valence-electron chi connectivity index (χ0n) is 12.6. The van der Waals surface area contributed by atoms with Gasteiger partial charge < -0.3 is 9.72 Å². The molecule has 0 bridgehead atoms. The monoisotopic (exact) mass is 297 g/mol. The topological polar surface area (TPSA) is 59.0 Å². The molecule has 3 aromatic heterocycles. The number of ether oxygens (including phenoxy) is 1. The third-order valence-corrected chi connectivity index (χ3v) is 4.11. The van der Waals surface area contributed by atoms with Gasteiger partial charge in [0, 0.05) is 61.8 Å². The number of pyridine rings is 1. The van der Waals surface area contributed by atoms with E-state index in [4.69, 9.17) is 4.74 Å². The first-order valence-electron chi connectivity index (χ1n) is 7.55. The van der Waals surface area contributed by atoms with Crippen molar-refractivity contribution >= 4 is 11.0 Å². The van der Waals surface area contributed by atoms with E-state index < -0.39 is 0 Å². The number of hydrogen-bond acceptors (Lipinski definition) is 4. The highest BCUT2D eigenvalue weighted by atomic mass is 16.5. The van der Waals surface area contributed by atoms with Crippen LogP contribution in [0, 0.1) is 0 Å². The molecule has 1 aliphatic rings. The Hall–Kier alpha value is -2.18. The molecule has 0 aromatic carbocycles. The van der Waals surface area contributed by atoms with Crippen molar-refractivity contribution in [1.29, 1.82) is 0 Å². The van der Waals surface area contributed by atoms with E-state index in [0.29, 0.717) is 0 Å². The molecular weight excluding hydrogens is 278 g/mol. The fourth-order valence-electron chi connectivity index (χ4n) is 2.95. The highest BCUT2D eigenvalue weighted by Gasteiger charge is 2.13. The van der Waals surface area contributed by atoms with Crippen LogP contribution in [0.15, 0.2) is 30.9 Å². The third kappa shape index (κ3) is 2.51. The van der Waals surface area contributed by atoms with Gasteiger partial charge in [0.05, 0.1) is 19.4 Å². The van der Waals surface area contributed by atoms with E-state index in [1.165, 1.54) is 5.56 Å². The molecule has 1 aliphatic heterocycles. The van der Waals surface area contributed by atoms with Crippen LogP contribution < -0.4 is 0 Å². The van der Waals surface area contributed by atoms with Gasteiger partial charge in [0.15, 0.2) is 0 Å². The molecule has 0 radical (unpaired) electrons. The Balaban J connectivity index is 1.67. The summed E-state index contributed by atoms with van der Waals surface area (Å²) in [6.07, 6.45) is 7.88. The Bertz CT molecular complexity index is 785. The molecule has 6 nitrogen and oxygen atoms in total. The minimum absolute atomic E-state index is 0.820. The van der Waals surface area contributed by atoms with Gasteiger partial charge >= 0.3 is 0 Å². The van der Waals surface area contributed by atoms with Crippen LogP contribution in [-0.2, 0) is 18.3 Å². The van der Waals surface area contributed by atoms with Crippen LogP contribution in [0.2, 0.25) is 0 Å². The van der Waals surface area contributed by atoms with Crippen LogP contribution in [0.3, 0.4) is 0 Å². The lowest BCUT2D eigenvalue weighted by atomic mass is 10.1.